The van der Waals surface area contributed by atoms with Crippen molar-refractivity contribution < 1.29 is 19.4 Å². The fourth-order valence-corrected chi connectivity index (χ4v) is 2.17. The van der Waals surface area contributed by atoms with Gasteiger partial charge in [0.1, 0.15) is 5.92 Å². The number of aliphatic carboxylic acids is 1. The van der Waals surface area contributed by atoms with E-state index in [1.165, 1.54) is 0 Å². The lowest BCUT2D eigenvalue weighted by atomic mass is 10.0. The van der Waals surface area contributed by atoms with Crippen LogP contribution in [0.3, 0.4) is 0 Å². The Bertz CT molecular complexity index is 477. The summed E-state index contributed by atoms with van der Waals surface area (Å²) in [4.78, 5) is 22.9. The summed E-state index contributed by atoms with van der Waals surface area (Å²) in [7, 11) is 0. The molecule has 108 valence electrons. The zero-order chi connectivity index (χ0) is 14.5. The van der Waals surface area contributed by atoms with E-state index in [-0.39, 0.29) is 25.3 Å². The van der Waals surface area contributed by atoms with Gasteiger partial charge in [0.05, 0.1) is 25.3 Å². The number of carbonyl (C=O) groups is 2. The van der Waals surface area contributed by atoms with Gasteiger partial charge in [-0.1, -0.05) is 30.3 Å². The monoisotopic (exact) mass is 278 g/mol. The lowest BCUT2D eigenvalue weighted by Crippen LogP contribution is -2.47. The highest BCUT2D eigenvalue weighted by molar-refractivity contribution is 5.77. The van der Waals surface area contributed by atoms with E-state index in [0.717, 1.165) is 5.56 Å². The number of hydrogen-bond donors (Lipinski definition) is 3. The van der Waals surface area contributed by atoms with Crippen LogP contribution in [-0.2, 0) is 9.53 Å². The molecular weight excluding hydrogens is 260 g/mol. The first-order valence-corrected chi connectivity index (χ1v) is 6.50. The van der Waals surface area contributed by atoms with Gasteiger partial charge in [-0.2, -0.15) is 0 Å². The Hall–Kier alpha value is -2.08. The smallest absolute Gasteiger partial charge is 0.315 e. The molecule has 6 heteroatoms. The maximum absolute atomic E-state index is 11.9. The number of carboxylic acid groups (broad SMARTS) is 1. The topological polar surface area (TPSA) is 87.7 Å². The second kappa shape index (κ2) is 6.38. The largest absolute Gasteiger partial charge is 0.481 e. The van der Waals surface area contributed by atoms with E-state index in [9.17, 15) is 9.59 Å². The zero-order valence-electron chi connectivity index (χ0n) is 11.2. The van der Waals surface area contributed by atoms with E-state index < -0.39 is 17.9 Å². The van der Waals surface area contributed by atoms with E-state index >= 15 is 0 Å². The highest BCUT2D eigenvalue weighted by Gasteiger charge is 2.35. The van der Waals surface area contributed by atoms with E-state index in [1.54, 1.807) is 0 Å². The second-order valence-corrected chi connectivity index (χ2v) is 4.84. The van der Waals surface area contributed by atoms with Crippen LogP contribution in [0.4, 0.5) is 4.79 Å². The second-order valence-electron chi connectivity index (χ2n) is 4.84. The third kappa shape index (κ3) is 3.48. The van der Waals surface area contributed by atoms with Crippen molar-refractivity contribution in [3.8, 4) is 0 Å². The first-order valence-electron chi connectivity index (χ1n) is 6.50. The molecule has 2 amide bonds. The fourth-order valence-electron chi connectivity index (χ4n) is 2.17. The summed E-state index contributed by atoms with van der Waals surface area (Å²) in [5.41, 5.74) is 0.986. The maximum atomic E-state index is 11.9. The van der Waals surface area contributed by atoms with Gasteiger partial charge < -0.3 is 20.5 Å². The number of rotatable bonds is 4. The van der Waals surface area contributed by atoms with Crippen LogP contribution < -0.4 is 10.6 Å². The summed E-state index contributed by atoms with van der Waals surface area (Å²) >= 11 is 0. The van der Waals surface area contributed by atoms with Crippen LogP contribution in [0, 0.1) is 5.92 Å². The highest BCUT2D eigenvalue weighted by Crippen LogP contribution is 2.14. The minimum Gasteiger partial charge on any atom is -0.481 e. The average molecular weight is 278 g/mol. The normalized spacial score (nSPS) is 23.1. The van der Waals surface area contributed by atoms with Crippen LogP contribution in [0.15, 0.2) is 30.3 Å². The van der Waals surface area contributed by atoms with Crippen molar-refractivity contribution in [1.82, 2.24) is 10.6 Å². The summed E-state index contributed by atoms with van der Waals surface area (Å²) in [5.74, 6) is -1.64. The molecule has 0 saturated carbocycles. The van der Waals surface area contributed by atoms with Crippen molar-refractivity contribution in [1.29, 1.82) is 0 Å². The quantitative estimate of drug-likeness (QED) is 0.771. The molecule has 3 atom stereocenters. The Morgan fingerprint density at radius 1 is 1.30 bits per heavy atom. The Morgan fingerprint density at radius 3 is 2.65 bits per heavy atom. The standard InChI is InChI=1S/C14H18N2O4/c1-9(10-5-3-2-4-6-10)15-14(19)16-12-8-20-7-11(12)13(17)18/h2-6,9,11-12H,7-8H2,1H3,(H,17,18)(H2,15,16,19). The summed E-state index contributed by atoms with van der Waals surface area (Å²) in [5, 5.41) is 14.4. The van der Waals surface area contributed by atoms with Gasteiger partial charge in [-0.05, 0) is 12.5 Å². The molecule has 1 fully saturated rings. The van der Waals surface area contributed by atoms with Crippen molar-refractivity contribution in [2.75, 3.05) is 13.2 Å². The van der Waals surface area contributed by atoms with Crippen LogP contribution in [0.5, 0.6) is 0 Å². The van der Waals surface area contributed by atoms with Gasteiger partial charge in [-0.3, -0.25) is 4.79 Å². The van der Waals surface area contributed by atoms with Crippen LogP contribution in [0.1, 0.15) is 18.5 Å². The number of benzene rings is 1. The van der Waals surface area contributed by atoms with Gasteiger partial charge >= 0.3 is 12.0 Å². The minimum absolute atomic E-state index is 0.133. The Labute approximate surface area is 117 Å². The molecular formula is C14H18N2O4. The number of nitrogens with one attached hydrogen (secondary N) is 2. The van der Waals surface area contributed by atoms with Gasteiger partial charge in [0.2, 0.25) is 0 Å². The maximum Gasteiger partial charge on any atom is 0.315 e. The molecule has 0 radical (unpaired) electrons. The minimum atomic E-state index is -0.955. The molecule has 3 N–H and O–H groups in total. The molecule has 0 aromatic heterocycles. The van der Waals surface area contributed by atoms with E-state index in [4.69, 9.17) is 9.84 Å². The van der Waals surface area contributed by atoms with E-state index in [0.29, 0.717) is 0 Å². The SMILES string of the molecule is CC(NC(=O)NC1COCC1C(=O)O)c1ccccc1. The number of carboxylic acids is 1. The molecule has 1 aliphatic heterocycles. The summed E-state index contributed by atoms with van der Waals surface area (Å²) in [6.07, 6.45) is 0. The summed E-state index contributed by atoms with van der Waals surface area (Å²) < 4.78 is 5.10. The number of amides is 2. The number of ether oxygens (including phenoxy) is 1. The van der Waals surface area contributed by atoms with Gasteiger partial charge in [-0.15, -0.1) is 0 Å². The molecule has 1 saturated heterocycles. The molecule has 6 nitrogen and oxygen atoms in total. The highest BCUT2D eigenvalue weighted by atomic mass is 16.5. The molecule has 1 heterocycles. The third-order valence-corrected chi connectivity index (χ3v) is 3.36. The lowest BCUT2D eigenvalue weighted by Gasteiger charge is -2.19. The predicted octanol–water partition coefficient (Wildman–Crippen LogP) is 1.15. The van der Waals surface area contributed by atoms with Gasteiger partial charge in [0, 0.05) is 0 Å². The van der Waals surface area contributed by atoms with Crippen molar-refractivity contribution in [3.63, 3.8) is 0 Å². The predicted molar refractivity (Wildman–Crippen MR) is 72.3 cm³/mol. The molecule has 1 aromatic carbocycles. The average Bonchev–Trinajstić information content (AvgIpc) is 2.87. The van der Waals surface area contributed by atoms with Crippen molar-refractivity contribution in [3.05, 3.63) is 35.9 Å². The molecule has 1 aliphatic rings. The number of urea groups is 1. The molecule has 1 aromatic rings. The Balaban J connectivity index is 1.88. The zero-order valence-corrected chi connectivity index (χ0v) is 11.2. The van der Waals surface area contributed by atoms with Crippen LogP contribution >= 0.6 is 0 Å². The van der Waals surface area contributed by atoms with Crippen LogP contribution in [-0.4, -0.2) is 36.4 Å². The first-order chi connectivity index (χ1) is 9.58. The Kier molecular flexibility index (Phi) is 4.57. The molecule has 0 bridgehead atoms. The first kappa shape index (κ1) is 14.3. The van der Waals surface area contributed by atoms with Gasteiger partial charge in [0.25, 0.3) is 0 Å². The van der Waals surface area contributed by atoms with Gasteiger partial charge in [0.15, 0.2) is 0 Å². The summed E-state index contributed by atoms with van der Waals surface area (Å²) in [6, 6.07) is 8.52. The lowest BCUT2D eigenvalue weighted by molar-refractivity contribution is -0.142. The molecule has 2 rings (SSSR count). The summed E-state index contributed by atoms with van der Waals surface area (Å²) in [6.45, 7) is 2.23. The Morgan fingerprint density at radius 2 is 2.00 bits per heavy atom. The third-order valence-electron chi connectivity index (χ3n) is 3.36. The van der Waals surface area contributed by atoms with E-state index in [2.05, 4.69) is 10.6 Å². The molecule has 20 heavy (non-hydrogen) atoms. The van der Waals surface area contributed by atoms with Crippen molar-refractivity contribution >= 4 is 12.0 Å². The number of carbonyl (C=O) groups excluding carboxylic acids is 1. The molecule has 0 spiro atoms. The van der Waals surface area contributed by atoms with Gasteiger partial charge in [-0.25, -0.2) is 4.79 Å². The fraction of sp³-hybridized carbons (Fsp3) is 0.429. The van der Waals surface area contributed by atoms with Crippen LogP contribution in [0.2, 0.25) is 0 Å². The number of hydrogen-bond acceptors (Lipinski definition) is 3. The van der Waals surface area contributed by atoms with E-state index in [1.807, 2.05) is 37.3 Å². The van der Waals surface area contributed by atoms with Crippen molar-refractivity contribution in [2.24, 2.45) is 5.92 Å². The van der Waals surface area contributed by atoms with Crippen molar-refractivity contribution in [2.45, 2.75) is 19.0 Å². The molecule has 0 aliphatic carbocycles. The van der Waals surface area contributed by atoms with Crippen LogP contribution in [0.25, 0.3) is 0 Å². The molecule has 3 unspecified atom stereocenters.